The summed E-state index contributed by atoms with van der Waals surface area (Å²) >= 11 is 8.82. The average Bonchev–Trinajstić information content (AvgIpc) is 3.17. The van der Waals surface area contributed by atoms with E-state index in [1.807, 2.05) is 45.0 Å². The molecule has 180 valence electrons. The van der Waals surface area contributed by atoms with Crippen molar-refractivity contribution in [2.75, 3.05) is 11.1 Å². The van der Waals surface area contributed by atoms with Crippen LogP contribution in [0, 0.1) is 6.92 Å². The van der Waals surface area contributed by atoms with Gasteiger partial charge in [-0.05, 0) is 62.7 Å². The monoisotopic (exact) mass is 525 g/mol. The lowest BCUT2D eigenvalue weighted by atomic mass is 9.94. The molecule has 1 N–H and O–H groups in total. The highest BCUT2D eigenvalue weighted by molar-refractivity contribution is 7.99. The molecule has 0 saturated heterocycles. The van der Waals surface area contributed by atoms with E-state index in [1.54, 1.807) is 28.8 Å². The first kappa shape index (κ1) is 24.1. The Morgan fingerprint density at radius 1 is 1.20 bits per heavy atom. The molecule has 1 amide bonds. The molecule has 0 aliphatic carbocycles. The van der Waals surface area contributed by atoms with Gasteiger partial charge < -0.3 is 10.1 Å². The van der Waals surface area contributed by atoms with Crippen molar-refractivity contribution in [2.45, 2.75) is 44.6 Å². The van der Waals surface area contributed by atoms with Gasteiger partial charge >= 0.3 is 0 Å². The van der Waals surface area contributed by atoms with Gasteiger partial charge in [-0.25, -0.2) is 4.98 Å². The highest BCUT2D eigenvalue weighted by Crippen LogP contribution is 2.38. The van der Waals surface area contributed by atoms with Gasteiger partial charge in [0.2, 0.25) is 5.91 Å². The molecule has 35 heavy (non-hydrogen) atoms. The van der Waals surface area contributed by atoms with E-state index in [-0.39, 0.29) is 22.8 Å². The van der Waals surface area contributed by atoms with Gasteiger partial charge in [-0.2, -0.15) is 0 Å². The van der Waals surface area contributed by atoms with Crippen molar-refractivity contribution >= 4 is 56.5 Å². The molecule has 0 bridgehead atoms. The number of hydrogen-bond donors (Lipinski definition) is 1. The molecule has 4 aromatic rings. The lowest BCUT2D eigenvalue weighted by molar-refractivity contribution is -0.113. The van der Waals surface area contributed by atoms with Crippen LogP contribution in [0.5, 0.6) is 0 Å². The second-order valence-corrected chi connectivity index (χ2v) is 11.6. The van der Waals surface area contributed by atoms with Crippen LogP contribution in [0.25, 0.3) is 15.9 Å². The number of thioether (sulfide) groups is 1. The van der Waals surface area contributed by atoms with E-state index >= 15 is 0 Å². The summed E-state index contributed by atoms with van der Waals surface area (Å²) in [6, 6.07) is 14.7. The topological polar surface area (TPSA) is 73.2 Å². The van der Waals surface area contributed by atoms with Crippen molar-refractivity contribution < 1.29 is 9.53 Å². The Hall–Kier alpha value is -2.65. The van der Waals surface area contributed by atoms with Gasteiger partial charge in [-0.3, -0.25) is 14.2 Å². The first-order valence-corrected chi connectivity index (χ1v) is 13.3. The Labute approximate surface area is 216 Å². The second kappa shape index (κ2) is 9.43. The summed E-state index contributed by atoms with van der Waals surface area (Å²) in [7, 11) is 0. The molecule has 0 fully saturated rings. The minimum absolute atomic E-state index is 0.112. The third-order valence-corrected chi connectivity index (χ3v) is 8.12. The summed E-state index contributed by atoms with van der Waals surface area (Å²) in [5, 5.41) is 4.57. The van der Waals surface area contributed by atoms with Crippen molar-refractivity contribution in [2.24, 2.45) is 0 Å². The summed E-state index contributed by atoms with van der Waals surface area (Å²) in [5.41, 5.74) is 3.02. The molecule has 6 nitrogen and oxygen atoms in total. The van der Waals surface area contributed by atoms with Crippen LogP contribution < -0.4 is 10.9 Å². The molecule has 0 unspecified atom stereocenters. The maximum Gasteiger partial charge on any atom is 0.267 e. The lowest BCUT2D eigenvalue weighted by Crippen LogP contribution is -2.32. The molecule has 0 atom stereocenters. The molecule has 9 heteroatoms. The summed E-state index contributed by atoms with van der Waals surface area (Å²) < 4.78 is 7.54. The minimum atomic E-state index is -0.347. The summed E-state index contributed by atoms with van der Waals surface area (Å²) in [5.74, 6) is -0.0582. The lowest BCUT2D eigenvalue weighted by Gasteiger charge is -2.29. The Kier molecular flexibility index (Phi) is 6.48. The predicted octanol–water partition coefficient (Wildman–Crippen LogP) is 5.99. The van der Waals surface area contributed by atoms with Gasteiger partial charge in [0.1, 0.15) is 4.83 Å². The van der Waals surface area contributed by atoms with Gasteiger partial charge in [-0.15, -0.1) is 11.3 Å². The number of anilines is 1. The fraction of sp³-hybridized carbons (Fsp3) is 0.269. The number of aryl methyl sites for hydroxylation is 1. The van der Waals surface area contributed by atoms with E-state index in [9.17, 15) is 9.59 Å². The number of halogens is 1. The van der Waals surface area contributed by atoms with Crippen LogP contribution in [0.2, 0.25) is 5.02 Å². The molecule has 3 heterocycles. The fourth-order valence-corrected chi connectivity index (χ4v) is 6.14. The zero-order valence-electron chi connectivity index (χ0n) is 19.6. The Morgan fingerprint density at radius 3 is 2.63 bits per heavy atom. The fourth-order valence-electron chi connectivity index (χ4n) is 4.05. The largest absolute Gasteiger partial charge is 0.370 e. The Morgan fingerprint density at radius 2 is 1.91 bits per heavy atom. The van der Waals surface area contributed by atoms with Crippen molar-refractivity contribution in [1.29, 1.82) is 0 Å². The van der Waals surface area contributed by atoms with E-state index in [0.717, 1.165) is 21.7 Å². The van der Waals surface area contributed by atoms with Crippen molar-refractivity contribution in [3.8, 4) is 5.69 Å². The van der Waals surface area contributed by atoms with E-state index in [2.05, 4.69) is 5.32 Å². The number of ether oxygens (including phenoxy) is 1. The maximum atomic E-state index is 13.9. The van der Waals surface area contributed by atoms with Crippen LogP contribution in [-0.4, -0.2) is 26.8 Å². The third-order valence-electron chi connectivity index (χ3n) is 5.83. The molecule has 1 aliphatic rings. The zero-order valence-corrected chi connectivity index (χ0v) is 21.9. The van der Waals surface area contributed by atoms with E-state index < -0.39 is 0 Å². The van der Waals surface area contributed by atoms with Gasteiger partial charge in [-0.1, -0.05) is 41.1 Å². The smallest absolute Gasteiger partial charge is 0.267 e. The third kappa shape index (κ3) is 5.02. The van der Waals surface area contributed by atoms with E-state index in [4.69, 9.17) is 21.3 Å². The quantitative estimate of drug-likeness (QED) is 0.256. The maximum absolute atomic E-state index is 13.9. The van der Waals surface area contributed by atoms with Gasteiger partial charge in [0, 0.05) is 22.0 Å². The molecule has 1 aliphatic heterocycles. The predicted molar refractivity (Wildman–Crippen MR) is 143 cm³/mol. The number of amides is 1. The van der Waals surface area contributed by atoms with Crippen LogP contribution >= 0.6 is 34.7 Å². The first-order valence-electron chi connectivity index (χ1n) is 11.2. The number of nitrogens with zero attached hydrogens (tertiary/aromatic N) is 2. The first-order chi connectivity index (χ1) is 16.7. The number of carbonyl (C=O) groups is 1. The van der Waals surface area contributed by atoms with E-state index in [0.29, 0.717) is 39.1 Å². The number of hydrogen-bond acceptors (Lipinski definition) is 6. The molecular weight excluding hydrogens is 502 g/mol. The van der Waals surface area contributed by atoms with Crippen molar-refractivity contribution in [3.05, 3.63) is 79.9 Å². The number of benzene rings is 2. The number of fused-ring (bicyclic) bond motifs is 3. The molecular formula is C26H24ClN3O3S2. The molecule has 2 aromatic heterocycles. The molecule has 0 radical (unpaired) electrons. The van der Waals surface area contributed by atoms with Crippen LogP contribution in [0.1, 0.15) is 29.9 Å². The van der Waals surface area contributed by atoms with Crippen molar-refractivity contribution in [1.82, 2.24) is 9.55 Å². The number of carbonyl (C=O) groups excluding carboxylic acids is 1. The Balaban J connectivity index is 1.53. The van der Waals surface area contributed by atoms with Crippen LogP contribution in [0.4, 0.5) is 5.69 Å². The van der Waals surface area contributed by atoms with Gasteiger partial charge in [0.05, 0.1) is 29.0 Å². The molecule has 2 aromatic carbocycles. The highest BCUT2D eigenvalue weighted by atomic mass is 35.5. The summed E-state index contributed by atoms with van der Waals surface area (Å²) in [4.78, 5) is 33.1. The van der Waals surface area contributed by atoms with Crippen molar-refractivity contribution in [3.63, 3.8) is 0 Å². The highest BCUT2D eigenvalue weighted by Gasteiger charge is 2.31. The molecule has 0 saturated carbocycles. The van der Waals surface area contributed by atoms with Gasteiger partial charge in [0.15, 0.2) is 5.16 Å². The Bertz CT molecular complexity index is 1480. The number of aromatic nitrogens is 2. The molecule has 5 rings (SSSR count). The standard InChI is InChI=1S/C26H24ClN3O3S2/c1-15-4-8-17(9-5-15)28-21(31)14-34-25-29-23-22(19-12-26(2,3)33-13-20(19)35-23)24(32)30(25)18-10-6-16(27)7-11-18/h4-11H,12-14H2,1-3H3,(H,28,31). The average molecular weight is 526 g/mol. The number of thiophene rings is 1. The normalized spacial score (nSPS) is 14.6. The van der Waals surface area contributed by atoms with Crippen LogP contribution in [0.15, 0.2) is 58.5 Å². The number of rotatable bonds is 5. The second-order valence-electron chi connectivity index (χ2n) is 9.12. The zero-order chi connectivity index (χ0) is 24.7. The van der Waals surface area contributed by atoms with Gasteiger partial charge in [0.25, 0.3) is 5.56 Å². The molecule has 0 spiro atoms. The minimum Gasteiger partial charge on any atom is -0.370 e. The number of nitrogens with one attached hydrogen (secondary N) is 1. The van der Waals surface area contributed by atoms with E-state index in [1.165, 1.54) is 23.1 Å². The SMILES string of the molecule is Cc1ccc(NC(=O)CSc2nc3sc4c(c3c(=O)n2-c2ccc(Cl)cc2)CC(C)(C)OC4)cc1. The summed E-state index contributed by atoms with van der Waals surface area (Å²) in [6.45, 7) is 6.52. The van der Waals surface area contributed by atoms with Crippen LogP contribution in [-0.2, 0) is 22.6 Å². The van der Waals surface area contributed by atoms with Crippen LogP contribution in [0.3, 0.4) is 0 Å². The summed E-state index contributed by atoms with van der Waals surface area (Å²) in [6.07, 6.45) is 0.644.